The molecule has 0 saturated carbocycles. The second-order valence-corrected chi connectivity index (χ2v) is 15.8. The van der Waals surface area contributed by atoms with Gasteiger partial charge in [0.25, 0.3) is 0 Å². The predicted molar refractivity (Wildman–Crippen MR) is 200 cm³/mol. The van der Waals surface area contributed by atoms with Gasteiger partial charge in [-0.15, -0.1) is 11.8 Å². The maximum Gasteiger partial charge on any atom is 0.409 e. The lowest BCUT2D eigenvalue weighted by atomic mass is 9.81. The highest BCUT2D eigenvalue weighted by Crippen LogP contribution is 2.49. The molecule has 12 nitrogen and oxygen atoms in total. The van der Waals surface area contributed by atoms with E-state index in [1.165, 1.54) is 17.9 Å². The van der Waals surface area contributed by atoms with E-state index >= 15 is 0 Å². The summed E-state index contributed by atoms with van der Waals surface area (Å²) in [4.78, 5) is 53.9. The minimum atomic E-state index is -1.86. The molecule has 0 unspecified atom stereocenters. The number of hydrogen-bond acceptors (Lipinski definition) is 11. The zero-order valence-electron chi connectivity index (χ0n) is 30.1. The number of thioether (sulfide) groups is 1. The quantitative estimate of drug-likeness (QED) is 0.123. The van der Waals surface area contributed by atoms with E-state index in [2.05, 4.69) is 5.32 Å². The second-order valence-electron chi connectivity index (χ2n) is 14.0. The maximum absolute atomic E-state index is 14.0. The molecule has 286 valence electrons. The minimum Gasteiger partial charge on any atom is -0.458 e. The van der Waals surface area contributed by atoms with Crippen molar-refractivity contribution in [3.8, 4) is 0 Å². The molecule has 0 radical (unpaired) electrons. The molecule has 0 aliphatic carbocycles. The van der Waals surface area contributed by atoms with Crippen LogP contribution in [0.3, 0.4) is 0 Å². The van der Waals surface area contributed by atoms with Crippen LogP contribution < -0.4 is 10.2 Å². The summed E-state index contributed by atoms with van der Waals surface area (Å²) in [5, 5.41) is 35.0. The van der Waals surface area contributed by atoms with E-state index in [4.69, 9.17) is 37.4 Å². The van der Waals surface area contributed by atoms with Gasteiger partial charge in [0.1, 0.15) is 17.8 Å². The second kappa shape index (κ2) is 16.5. The van der Waals surface area contributed by atoms with Gasteiger partial charge in [0.2, 0.25) is 5.91 Å². The van der Waals surface area contributed by atoms with Gasteiger partial charge >= 0.3 is 12.1 Å². The Morgan fingerprint density at radius 2 is 1.91 bits per heavy atom. The number of benzene rings is 2. The standard InChI is InChI=1S/C38H44Cl2N2O10S/c1-20-7-6-8-26(18-44)38(49)16-29(50-36(48)41-38)21(2)35-37(4,52-35)31(51-33(47)19-53-30-10-9-24(22(3)45)14-27(30)39)15-32(46)42(5)28-13-23(11-20)12-25(17-43)34(28)40/h6-10,12-14,21,26,29,31,35,43-44,49H,11,15-19H2,1-5H3,(H,41,48)/b8-6+,20-7+/t21-,26+,29+,31+,35+,37+,38+/m1/s1. The molecule has 3 aliphatic heterocycles. The van der Waals surface area contributed by atoms with Crippen molar-refractivity contribution in [3.05, 3.63) is 80.9 Å². The molecule has 2 aromatic rings. The molecule has 0 spiro atoms. The molecule has 0 aromatic heterocycles. The van der Waals surface area contributed by atoms with E-state index < -0.39 is 66.1 Å². The number of alkyl carbamates (subject to hydrolysis) is 1. The first-order chi connectivity index (χ1) is 25.0. The van der Waals surface area contributed by atoms with Crippen LogP contribution in [-0.4, -0.2) is 88.1 Å². The maximum atomic E-state index is 14.0. The number of aliphatic hydroxyl groups excluding tert-OH is 2. The van der Waals surface area contributed by atoms with Crippen LogP contribution in [-0.2, 0) is 36.8 Å². The van der Waals surface area contributed by atoms with Crippen molar-refractivity contribution in [1.82, 2.24) is 5.32 Å². The highest BCUT2D eigenvalue weighted by Gasteiger charge is 2.64. The lowest BCUT2D eigenvalue weighted by molar-refractivity contribution is -0.150. The fourth-order valence-electron chi connectivity index (χ4n) is 6.86. The van der Waals surface area contributed by atoms with Crippen molar-refractivity contribution >= 4 is 64.4 Å². The Balaban J connectivity index is 1.49. The molecule has 4 N–H and O–H groups in total. The molecule has 2 fully saturated rings. The third kappa shape index (κ3) is 9.10. The Morgan fingerprint density at radius 1 is 1.17 bits per heavy atom. The number of ketones is 1. The first kappa shape index (κ1) is 40.7. The highest BCUT2D eigenvalue weighted by molar-refractivity contribution is 8.00. The van der Waals surface area contributed by atoms with Crippen molar-refractivity contribution in [3.63, 3.8) is 0 Å². The van der Waals surface area contributed by atoms with Gasteiger partial charge in [-0.2, -0.15) is 0 Å². The summed E-state index contributed by atoms with van der Waals surface area (Å²) in [6, 6.07) is 8.28. The van der Waals surface area contributed by atoms with E-state index in [0.717, 1.165) is 22.9 Å². The van der Waals surface area contributed by atoms with E-state index in [1.807, 2.05) is 6.92 Å². The van der Waals surface area contributed by atoms with Gasteiger partial charge in [-0.3, -0.25) is 19.7 Å². The average Bonchev–Trinajstić information content (AvgIpc) is 3.80. The first-order valence-electron chi connectivity index (χ1n) is 17.1. The number of ether oxygens (including phenoxy) is 3. The lowest BCUT2D eigenvalue weighted by Gasteiger charge is -2.42. The number of hydrogen-bond donors (Lipinski definition) is 4. The summed E-state index contributed by atoms with van der Waals surface area (Å²) in [6.07, 6.45) is 1.57. The molecule has 2 saturated heterocycles. The van der Waals surface area contributed by atoms with Gasteiger partial charge in [-0.1, -0.05) is 66.1 Å². The Kier molecular flexibility index (Phi) is 12.7. The number of nitrogens with one attached hydrogen (secondary N) is 1. The molecule has 5 rings (SSSR count). The summed E-state index contributed by atoms with van der Waals surface area (Å²) in [5.41, 5.74) is -0.239. The number of epoxide rings is 1. The van der Waals surface area contributed by atoms with Crippen LogP contribution in [0.5, 0.6) is 0 Å². The van der Waals surface area contributed by atoms with Crippen LogP contribution in [0.1, 0.15) is 62.0 Å². The smallest absolute Gasteiger partial charge is 0.409 e. The van der Waals surface area contributed by atoms with Crippen molar-refractivity contribution in [2.45, 2.75) is 88.1 Å². The summed E-state index contributed by atoms with van der Waals surface area (Å²) >= 11 is 14.2. The van der Waals surface area contributed by atoms with E-state index in [1.54, 1.807) is 63.4 Å². The molecule has 4 bridgehead atoms. The molecule has 3 heterocycles. The number of allylic oxidation sites excluding steroid dienone is 3. The van der Waals surface area contributed by atoms with E-state index in [0.29, 0.717) is 33.2 Å². The molecule has 7 atom stereocenters. The normalized spacial score (nSPS) is 30.6. The van der Waals surface area contributed by atoms with Crippen molar-refractivity contribution in [2.75, 3.05) is 24.3 Å². The van der Waals surface area contributed by atoms with Crippen LogP contribution in [0.4, 0.5) is 10.5 Å². The van der Waals surface area contributed by atoms with Gasteiger partial charge in [0.05, 0.1) is 47.2 Å². The lowest BCUT2D eigenvalue weighted by Crippen LogP contribution is -2.62. The van der Waals surface area contributed by atoms with Crippen LogP contribution in [0.25, 0.3) is 0 Å². The van der Waals surface area contributed by atoms with Crippen molar-refractivity contribution in [2.24, 2.45) is 11.8 Å². The fraction of sp³-hybridized carbons (Fsp3) is 0.474. The molecule has 15 heteroatoms. The Bertz CT molecular complexity index is 1840. The van der Waals surface area contributed by atoms with Crippen molar-refractivity contribution < 1.29 is 48.7 Å². The van der Waals surface area contributed by atoms with Crippen LogP contribution in [0, 0.1) is 11.8 Å². The van der Waals surface area contributed by atoms with Crippen LogP contribution >= 0.6 is 35.0 Å². The summed E-state index contributed by atoms with van der Waals surface area (Å²) in [7, 11) is 1.55. The van der Waals surface area contributed by atoms with E-state index in [9.17, 15) is 34.5 Å². The van der Waals surface area contributed by atoms with Gasteiger partial charge in [-0.25, -0.2) is 4.79 Å². The number of rotatable bonds is 7. The summed E-state index contributed by atoms with van der Waals surface area (Å²) in [6.45, 7) is 5.93. The zero-order chi connectivity index (χ0) is 38.8. The average molecular weight is 792 g/mol. The number of amides is 2. The third-order valence-corrected chi connectivity index (χ3v) is 12.0. The SMILES string of the molecule is CC(=O)c1ccc(SCC(=O)O[C@H]2CC(=O)N(C)c3cc(cc(CO)c3Cl)C/C(C)=C/C=C/[C@@H](CO)[C@@]3(O)C[C@H](OC(=O)N3)[C@@H](C)[C@@H]3O[C@@]23C)c(Cl)c1. The number of nitrogens with zero attached hydrogens (tertiary/aromatic N) is 1. The molecule has 3 aliphatic rings. The Hall–Kier alpha value is -3.43. The molecule has 2 amide bonds. The van der Waals surface area contributed by atoms with Gasteiger partial charge in [0, 0.05) is 35.8 Å². The number of carbonyl (C=O) groups is 4. The molecule has 53 heavy (non-hydrogen) atoms. The zero-order valence-corrected chi connectivity index (χ0v) is 32.4. The largest absolute Gasteiger partial charge is 0.458 e. The Morgan fingerprint density at radius 3 is 2.57 bits per heavy atom. The summed E-state index contributed by atoms with van der Waals surface area (Å²) < 4.78 is 17.8. The number of anilines is 1. The van der Waals surface area contributed by atoms with Crippen LogP contribution in [0.2, 0.25) is 10.0 Å². The number of fused-ring (bicyclic) bond motifs is 5. The van der Waals surface area contributed by atoms with E-state index in [-0.39, 0.29) is 36.0 Å². The third-order valence-electron chi connectivity index (χ3n) is 10.1. The monoisotopic (exact) mass is 790 g/mol. The fourth-order valence-corrected chi connectivity index (χ4v) is 8.20. The summed E-state index contributed by atoms with van der Waals surface area (Å²) in [5.74, 6) is -2.88. The topological polar surface area (TPSA) is 175 Å². The number of Topliss-reactive ketones (excluding diaryl/α,β-unsaturated/α-hetero) is 1. The van der Waals surface area contributed by atoms with Crippen molar-refractivity contribution in [1.29, 1.82) is 0 Å². The van der Waals surface area contributed by atoms with Gasteiger partial charge in [0.15, 0.2) is 11.5 Å². The number of halogens is 2. The predicted octanol–water partition coefficient (Wildman–Crippen LogP) is 5.39. The highest BCUT2D eigenvalue weighted by atomic mass is 35.5. The molecular formula is C38H44Cl2N2O10S. The molecule has 2 aromatic carbocycles. The van der Waals surface area contributed by atoms with Gasteiger partial charge < -0.3 is 34.4 Å². The van der Waals surface area contributed by atoms with Crippen LogP contribution in [0.15, 0.2) is 59.0 Å². The minimum absolute atomic E-state index is 0.0890. The number of esters is 1. The first-order valence-corrected chi connectivity index (χ1v) is 18.9. The van der Waals surface area contributed by atoms with Gasteiger partial charge in [-0.05, 0) is 56.5 Å². The number of carbonyl (C=O) groups excluding carboxylic acids is 4. The Labute approximate surface area is 322 Å². The molecular weight excluding hydrogens is 747 g/mol. The number of aliphatic hydroxyl groups is 3.